The van der Waals surface area contributed by atoms with Gasteiger partial charge in [0.05, 0.1) is 5.75 Å². The predicted molar refractivity (Wildman–Crippen MR) is 72.5 cm³/mol. The molecule has 0 saturated heterocycles. The van der Waals surface area contributed by atoms with Gasteiger partial charge in [0.25, 0.3) is 0 Å². The van der Waals surface area contributed by atoms with Crippen molar-refractivity contribution in [1.29, 1.82) is 0 Å². The second kappa shape index (κ2) is 6.05. The van der Waals surface area contributed by atoms with E-state index in [2.05, 4.69) is 15.9 Å². The Hall–Kier alpha value is -0.0400. The summed E-state index contributed by atoms with van der Waals surface area (Å²) < 4.78 is 23.0. The van der Waals surface area contributed by atoms with Crippen LogP contribution in [0.1, 0.15) is 5.56 Å². The van der Waals surface area contributed by atoms with Gasteiger partial charge in [-0.1, -0.05) is 15.9 Å². The Bertz CT molecular complexity index is 460. The first kappa shape index (κ1) is 14.0. The topological polar surface area (TPSA) is 60.2 Å². The molecule has 2 N–H and O–H groups in total. The van der Waals surface area contributed by atoms with Crippen molar-refractivity contribution in [3.05, 3.63) is 28.2 Å². The third-order valence-corrected chi connectivity index (χ3v) is 4.77. The molecule has 1 aromatic carbocycles. The lowest BCUT2D eigenvalue weighted by molar-refractivity contribution is 0.603. The van der Waals surface area contributed by atoms with Crippen LogP contribution < -0.4 is 5.73 Å². The van der Waals surface area contributed by atoms with Gasteiger partial charge in [0, 0.05) is 27.9 Å². The molecule has 0 spiro atoms. The van der Waals surface area contributed by atoms with E-state index in [-0.39, 0.29) is 5.75 Å². The molecule has 0 bridgehead atoms. The number of sulfone groups is 1. The van der Waals surface area contributed by atoms with Crippen LogP contribution >= 0.6 is 27.7 Å². The normalized spacial score (nSPS) is 11.7. The maximum Gasteiger partial charge on any atom is 0.148 e. The standard InChI is InChI=1S/C10H14BrNO2S2/c1-16(13,14)5-4-15-10-3-2-9(11)6-8(10)7-12/h2-3,6H,4-5,7,12H2,1H3. The maximum absolute atomic E-state index is 11.0. The summed E-state index contributed by atoms with van der Waals surface area (Å²) >= 11 is 4.90. The number of hydrogen-bond donors (Lipinski definition) is 1. The number of nitrogens with two attached hydrogens (primary N) is 1. The summed E-state index contributed by atoms with van der Waals surface area (Å²) in [5.74, 6) is 0.755. The molecule has 0 aliphatic heterocycles. The van der Waals surface area contributed by atoms with Gasteiger partial charge in [-0.05, 0) is 23.8 Å². The quantitative estimate of drug-likeness (QED) is 0.842. The largest absolute Gasteiger partial charge is 0.326 e. The molecule has 3 nitrogen and oxygen atoms in total. The van der Waals surface area contributed by atoms with Crippen molar-refractivity contribution in [3.63, 3.8) is 0 Å². The van der Waals surface area contributed by atoms with Crippen LogP contribution in [0.3, 0.4) is 0 Å². The monoisotopic (exact) mass is 323 g/mol. The predicted octanol–water partition coefficient (Wildman–Crippen LogP) is 2.04. The molecular formula is C10H14BrNO2S2. The number of benzene rings is 1. The van der Waals surface area contributed by atoms with Crippen molar-refractivity contribution in [3.8, 4) is 0 Å². The molecule has 1 rings (SSSR count). The molecule has 0 atom stereocenters. The van der Waals surface area contributed by atoms with Gasteiger partial charge in [0.2, 0.25) is 0 Å². The Morgan fingerprint density at radius 1 is 1.44 bits per heavy atom. The highest BCUT2D eigenvalue weighted by molar-refractivity contribution is 9.10. The highest BCUT2D eigenvalue weighted by atomic mass is 79.9. The van der Waals surface area contributed by atoms with Crippen molar-refractivity contribution in [2.24, 2.45) is 5.73 Å². The van der Waals surface area contributed by atoms with Crippen molar-refractivity contribution in [2.75, 3.05) is 17.8 Å². The molecule has 0 heterocycles. The SMILES string of the molecule is CS(=O)(=O)CCSc1ccc(Br)cc1CN. The van der Waals surface area contributed by atoms with E-state index in [1.165, 1.54) is 18.0 Å². The first-order valence-corrected chi connectivity index (χ1v) is 8.55. The van der Waals surface area contributed by atoms with Gasteiger partial charge >= 0.3 is 0 Å². The van der Waals surface area contributed by atoms with E-state index in [9.17, 15) is 8.42 Å². The maximum atomic E-state index is 11.0. The molecule has 0 fully saturated rings. The van der Waals surface area contributed by atoms with E-state index in [1.807, 2.05) is 18.2 Å². The van der Waals surface area contributed by atoms with Crippen molar-refractivity contribution in [2.45, 2.75) is 11.4 Å². The van der Waals surface area contributed by atoms with Crippen LogP contribution in [0.15, 0.2) is 27.6 Å². The first-order chi connectivity index (χ1) is 7.42. The molecule has 0 amide bonds. The average Bonchev–Trinajstić information content (AvgIpc) is 2.18. The molecule has 90 valence electrons. The van der Waals surface area contributed by atoms with Gasteiger partial charge in [-0.25, -0.2) is 8.42 Å². The molecule has 0 unspecified atom stereocenters. The first-order valence-electron chi connectivity index (χ1n) is 4.71. The van der Waals surface area contributed by atoms with E-state index < -0.39 is 9.84 Å². The van der Waals surface area contributed by atoms with Gasteiger partial charge in [-0.3, -0.25) is 0 Å². The fraction of sp³-hybridized carbons (Fsp3) is 0.400. The number of halogens is 1. The summed E-state index contributed by atoms with van der Waals surface area (Å²) in [6.45, 7) is 0.459. The van der Waals surface area contributed by atoms with Crippen molar-refractivity contribution < 1.29 is 8.42 Å². The minimum atomic E-state index is -2.88. The smallest absolute Gasteiger partial charge is 0.148 e. The molecule has 0 aromatic heterocycles. The Labute approximate surface area is 109 Å². The van der Waals surface area contributed by atoms with Gasteiger partial charge in [-0.15, -0.1) is 11.8 Å². The average molecular weight is 324 g/mol. The fourth-order valence-electron chi connectivity index (χ4n) is 1.15. The lowest BCUT2D eigenvalue weighted by Gasteiger charge is -2.07. The lowest BCUT2D eigenvalue weighted by atomic mass is 10.2. The Morgan fingerprint density at radius 3 is 2.69 bits per heavy atom. The van der Waals surface area contributed by atoms with Crippen LogP contribution in [-0.2, 0) is 16.4 Å². The number of rotatable bonds is 5. The zero-order valence-corrected chi connectivity index (χ0v) is 12.2. The minimum absolute atomic E-state index is 0.192. The van der Waals surface area contributed by atoms with Crippen LogP contribution in [0.2, 0.25) is 0 Å². The number of hydrogen-bond acceptors (Lipinski definition) is 4. The lowest BCUT2D eigenvalue weighted by Crippen LogP contribution is -2.05. The fourth-order valence-corrected chi connectivity index (χ4v) is 3.82. The molecule has 0 radical (unpaired) electrons. The van der Waals surface area contributed by atoms with Gasteiger partial charge in [0.1, 0.15) is 9.84 Å². The third kappa shape index (κ3) is 4.86. The zero-order chi connectivity index (χ0) is 12.2. The molecule has 6 heteroatoms. The summed E-state index contributed by atoms with van der Waals surface area (Å²) in [5, 5.41) is 0. The zero-order valence-electron chi connectivity index (χ0n) is 8.94. The summed E-state index contributed by atoms with van der Waals surface area (Å²) in [5.41, 5.74) is 6.66. The third-order valence-electron chi connectivity index (χ3n) is 1.95. The summed E-state index contributed by atoms with van der Waals surface area (Å²) in [6.07, 6.45) is 1.25. The Morgan fingerprint density at radius 2 is 2.12 bits per heavy atom. The Balaban J connectivity index is 2.67. The summed E-state index contributed by atoms with van der Waals surface area (Å²) in [6, 6.07) is 5.85. The van der Waals surface area contributed by atoms with Crippen LogP contribution in [-0.4, -0.2) is 26.2 Å². The molecular weight excluding hydrogens is 310 g/mol. The highest BCUT2D eigenvalue weighted by Crippen LogP contribution is 2.25. The van der Waals surface area contributed by atoms with Crippen LogP contribution in [0.5, 0.6) is 0 Å². The van der Waals surface area contributed by atoms with E-state index in [1.54, 1.807) is 0 Å². The summed E-state index contributed by atoms with van der Waals surface area (Å²) in [7, 11) is -2.88. The molecule has 0 aliphatic carbocycles. The van der Waals surface area contributed by atoms with Crippen LogP contribution in [0, 0.1) is 0 Å². The van der Waals surface area contributed by atoms with Crippen molar-refractivity contribution >= 4 is 37.5 Å². The van der Waals surface area contributed by atoms with Crippen LogP contribution in [0.25, 0.3) is 0 Å². The Kier molecular flexibility index (Phi) is 5.30. The molecule has 16 heavy (non-hydrogen) atoms. The van der Waals surface area contributed by atoms with Gasteiger partial charge < -0.3 is 5.73 Å². The molecule has 0 aliphatic rings. The van der Waals surface area contributed by atoms with E-state index >= 15 is 0 Å². The second-order valence-corrected chi connectivity index (χ2v) is 7.75. The number of thioether (sulfide) groups is 1. The van der Waals surface area contributed by atoms with Crippen LogP contribution in [0.4, 0.5) is 0 Å². The van der Waals surface area contributed by atoms with E-state index in [0.717, 1.165) is 14.9 Å². The minimum Gasteiger partial charge on any atom is -0.326 e. The van der Waals surface area contributed by atoms with E-state index in [0.29, 0.717) is 12.3 Å². The van der Waals surface area contributed by atoms with Gasteiger partial charge in [-0.2, -0.15) is 0 Å². The molecule has 1 aromatic rings. The second-order valence-electron chi connectivity index (χ2n) is 3.43. The molecule has 0 saturated carbocycles. The van der Waals surface area contributed by atoms with E-state index in [4.69, 9.17) is 5.73 Å². The van der Waals surface area contributed by atoms with Gasteiger partial charge in [0.15, 0.2) is 0 Å². The summed E-state index contributed by atoms with van der Waals surface area (Å²) in [4.78, 5) is 1.05. The van der Waals surface area contributed by atoms with Crippen molar-refractivity contribution in [1.82, 2.24) is 0 Å². The highest BCUT2D eigenvalue weighted by Gasteiger charge is 2.06.